The maximum atomic E-state index is 10.1. The average molecular weight is 368 g/mol. The van der Waals surface area contributed by atoms with Crippen molar-refractivity contribution >= 4 is 5.90 Å². The summed E-state index contributed by atoms with van der Waals surface area (Å²) in [5, 5.41) is 38.7. The fourth-order valence-electron chi connectivity index (χ4n) is 5.34. The fraction of sp³-hybridized carbons (Fsp3) is 0.810. The Bertz CT molecular complexity index is 701. The van der Waals surface area contributed by atoms with E-state index >= 15 is 0 Å². The quantitative estimate of drug-likeness (QED) is 0.661. The summed E-state index contributed by atoms with van der Waals surface area (Å²) in [7, 11) is 0. The Morgan fingerprint density at radius 3 is 2.41 bits per heavy atom. The zero-order valence-corrected chi connectivity index (χ0v) is 16.1. The lowest BCUT2D eigenvalue weighted by Crippen LogP contribution is -2.63. The highest BCUT2D eigenvalue weighted by molar-refractivity contribution is 5.89. The van der Waals surface area contributed by atoms with Crippen LogP contribution in [0.5, 0.6) is 0 Å². The molecule has 2 aliphatic heterocycles. The fourth-order valence-corrected chi connectivity index (χ4v) is 5.34. The first-order chi connectivity index (χ1) is 13.1. The number of rotatable bonds is 7. The lowest BCUT2D eigenvalue weighted by molar-refractivity contribution is -0.292. The number of nitriles is 3. The Morgan fingerprint density at radius 2 is 1.74 bits per heavy atom. The Hall–Kier alpha value is -2.10. The van der Waals surface area contributed by atoms with Crippen LogP contribution in [0, 0.1) is 56.2 Å². The summed E-state index contributed by atoms with van der Waals surface area (Å²) in [5.41, 5.74) is -3.22. The summed E-state index contributed by atoms with van der Waals surface area (Å²) in [5.74, 6) is -1.67. The molecule has 2 bridgehead atoms. The van der Waals surface area contributed by atoms with E-state index < -0.39 is 28.6 Å². The van der Waals surface area contributed by atoms with Crippen LogP contribution in [0.1, 0.15) is 77.6 Å². The summed E-state index contributed by atoms with van der Waals surface area (Å²) < 4.78 is 12.2. The normalized spacial score (nSPS) is 36.0. The van der Waals surface area contributed by atoms with E-state index in [2.05, 4.69) is 25.1 Å². The van der Waals surface area contributed by atoms with Crippen LogP contribution in [0.2, 0.25) is 0 Å². The lowest BCUT2D eigenvalue weighted by Gasteiger charge is -2.51. The molecule has 2 saturated heterocycles. The molecule has 0 amide bonds. The molecule has 144 valence electrons. The standard InChI is InChI=1S/C21H28N4O2/c1-2-3-4-5-6-7-11-17-19(13-22,14-23)20(15-24)16-10-8-9-12-21(16,26-17)27-18(20)25/h16-17,25H,2-12H2,1H3. The summed E-state index contributed by atoms with van der Waals surface area (Å²) in [6.45, 7) is 2.18. The second-order valence-electron chi connectivity index (χ2n) is 8.16. The maximum absolute atomic E-state index is 10.1. The third-order valence-electron chi connectivity index (χ3n) is 6.75. The van der Waals surface area contributed by atoms with Crippen molar-refractivity contribution in [1.82, 2.24) is 0 Å². The minimum Gasteiger partial charge on any atom is -0.447 e. The molecular weight excluding hydrogens is 340 g/mol. The largest absolute Gasteiger partial charge is 0.447 e. The van der Waals surface area contributed by atoms with Gasteiger partial charge in [-0.2, -0.15) is 15.8 Å². The highest BCUT2D eigenvalue weighted by Gasteiger charge is 2.79. The Labute approximate surface area is 161 Å². The van der Waals surface area contributed by atoms with Crippen molar-refractivity contribution in [1.29, 1.82) is 21.2 Å². The van der Waals surface area contributed by atoms with E-state index in [4.69, 9.17) is 14.9 Å². The van der Waals surface area contributed by atoms with Gasteiger partial charge in [0.1, 0.15) is 0 Å². The molecule has 3 fully saturated rings. The van der Waals surface area contributed by atoms with Crippen molar-refractivity contribution in [3.63, 3.8) is 0 Å². The smallest absolute Gasteiger partial charge is 0.217 e. The molecule has 6 nitrogen and oxygen atoms in total. The topological polar surface area (TPSA) is 114 Å². The number of hydrogen-bond donors (Lipinski definition) is 1. The molecule has 3 rings (SSSR count). The molecule has 0 radical (unpaired) electrons. The molecule has 1 aliphatic carbocycles. The van der Waals surface area contributed by atoms with Crippen LogP contribution >= 0.6 is 0 Å². The van der Waals surface area contributed by atoms with Gasteiger partial charge >= 0.3 is 0 Å². The molecular formula is C21H28N4O2. The van der Waals surface area contributed by atoms with Gasteiger partial charge in [-0.3, -0.25) is 5.41 Å². The number of unbranched alkanes of at least 4 members (excludes halogenated alkanes) is 5. The summed E-state index contributed by atoms with van der Waals surface area (Å²) in [6.07, 6.45) is 9.47. The van der Waals surface area contributed by atoms with Gasteiger partial charge in [-0.25, -0.2) is 0 Å². The lowest BCUT2D eigenvalue weighted by atomic mass is 9.51. The van der Waals surface area contributed by atoms with E-state index in [1.807, 2.05) is 0 Å². The van der Waals surface area contributed by atoms with Gasteiger partial charge in [0.05, 0.1) is 30.2 Å². The molecule has 1 saturated carbocycles. The van der Waals surface area contributed by atoms with Crippen molar-refractivity contribution < 1.29 is 9.47 Å². The summed E-state index contributed by atoms with van der Waals surface area (Å²) in [4.78, 5) is 0. The molecule has 0 aromatic heterocycles. The molecule has 3 aliphatic rings. The number of nitrogens with one attached hydrogen (secondary N) is 1. The third-order valence-corrected chi connectivity index (χ3v) is 6.75. The summed E-state index contributed by atoms with van der Waals surface area (Å²) >= 11 is 0. The van der Waals surface area contributed by atoms with Gasteiger partial charge in [-0.05, 0) is 19.3 Å². The van der Waals surface area contributed by atoms with E-state index in [1.165, 1.54) is 19.3 Å². The molecule has 4 unspecified atom stereocenters. The van der Waals surface area contributed by atoms with Crippen LogP contribution in [0.25, 0.3) is 0 Å². The minimum absolute atomic E-state index is 0.245. The Balaban J connectivity index is 1.89. The first-order valence-electron chi connectivity index (χ1n) is 10.3. The van der Waals surface area contributed by atoms with E-state index in [9.17, 15) is 15.8 Å². The monoisotopic (exact) mass is 368 g/mol. The number of ether oxygens (including phenoxy) is 2. The average Bonchev–Trinajstić information content (AvgIpc) is 2.90. The highest BCUT2D eigenvalue weighted by atomic mass is 16.7. The molecule has 6 heteroatoms. The number of nitrogens with zero attached hydrogens (tertiary/aromatic N) is 3. The van der Waals surface area contributed by atoms with Gasteiger partial charge < -0.3 is 9.47 Å². The van der Waals surface area contributed by atoms with Crippen LogP contribution in [0.3, 0.4) is 0 Å². The van der Waals surface area contributed by atoms with Crippen LogP contribution in [0.15, 0.2) is 0 Å². The Morgan fingerprint density at radius 1 is 1.04 bits per heavy atom. The molecule has 2 heterocycles. The summed E-state index contributed by atoms with van der Waals surface area (Å²) in [6, 6.07) is 6.48. The van der Waals surface area contributed by atoms with Gasteiger partial charge in [0, 0.05) is 6.42 Å². The molecule has 0 aromatic carbocycles. The zero-order valence-electron chi connectivity index (χ0n) is 16.1. The molecule has 27 heavy (non-hydrogen) atoms. The van der Waals surface area contributed by atoms with Crippen LogP contribution < -0.4 is 0 Å². The minimum atomic E-state index is -1.69. The van der Waals surface area contributed by atoms with Gasteiger partial charge in [0.15, 0.2) is 10.8 Å². The van der Waals surface area contributed by atoms with Crippen LogP contribution in [-0.4, -0.2) is 17.8 Å². The first kappa shape index (κ1) is 19.7. The van der Waals surface area contributed by atoms with Crippen molar-refractivity contribution in [3.8, 4) is 18.2 Å². The SMILES string of the molecule is CCCCCCCCC1OC23CCCCC2C(C#N)(C(=N)O3)C1(C#N)C#N. The van der Waals surface area contributed by atoms with Crippen LogP contribution in [-0.2, 0) is 9.47 Å². The van der Waals surface area contributed by atoms with Gasteiger partial charge in [0.25, 0.3) is 0 Å². The first-order valence-corrected chi connectivity index (χ1v) is 10.3. The third kappa shape index (κ3) is 2.64. The van der Waals surface area contributed by atoms with Crippen LogP contribution in [0.4, 0.5) is 0 Å². The maximum Gasteiger partial charge on any atom is 0.217 e. The van der Waals surface area contributed by atoms with E-state index in [-0.39, 0.29) is 5.90 Å². The molecule has 4 atom stereocenters. The predicted octanol–water partition coefficient (Wildman–Crippen LogP) is 4.57. The van der Waals surface area contributed by atoms with Crippen molar-refractivity contribution in [2.24, 2.45) is 16.7 Å². The van der Waals surface area contributed by atoms with E-state index in [0.29, 0.717) is 19.3 Å². The zero-order chi connectivity index (χ0) is 19.5. The van der Waals surface area contributed by atoms with Crippen molar-refractivity contribution in [2.45, 2.75) is 89.4 Å². The van der Waals surface area contributed by atoms with Gasteiger partial charge in [0.2, 0.25) is 11.7 Å². The highest BCUT2D eigenvalue weighted by Crippen LogP contribution is 2.66. The number of hydrogen-bond acceptors (Lipinski definition) is 6. The van der Waals surface area contributed by atoms with Crippen molar-refractivity contribution in [2.75, 3.05) is 0 Å². The second kappa shape index (κ2) is 7.49. The van der Waals surface area contributed by atoms with Crippen molar-refractivity contribution in [3.05, 3.63) is 0 Å². The van der Waals surface area contributed by atoms with Gasteiger partial charge in [-0.1, -0.05) is 51.9 Å². The Kier molecular flexibility index (Phi) is 5.45. The molecule has 0 aromatic rings. The molecule has 0 spiro atoms. The molecule has 1 N–H and O–H groups in total. The van der Waals surface area contributed by atoms with Gasteiger partial charge in [-0.15, -0.1) is 0 Å². The van der Waals surface area contributed by atoms with E-state index in [1.54, 1.807) is 0 Å². The van der Waals surface area contributed by atoms with E-state index in [0.717, 1.165) is 32.1 Å². The predicted molar refractivity (Wildman–Crippen MR) is 98.1 cm³/mol. The second-order valence-corrected chi connectivity index (χ2v) is 8.16.